The fourth-order valence-corrected chi connectivity index (χ4v) is 7.87. The third-order valence-electron chi connectivity index (χ3n) is 4.66. The van der Waals surface area contributed by atoms with Crippen LogP contribution in [0.2, 0.25) is 25.7 Å². The zero-order chi connectivity index (χ0) is 18.8. The third-order valence-corrected chi connectivity index (χ3v) is 8.60. The lowest BCUT2D eigenvalue weighted by Gasteiger charge is -2.16. The van der Waals surface area contributed by atoms with Crippen molar-refractivity contribution in [1.82, 2.24) is 4.31 Å². The Morgan fingerprint density at radius 1 is 0.962 bits per heavy atom. The average molecular weight is 386 g/mol. The molecule has 1 aliphatic rings. The van der Waals surface area contributed by atoms with Crippen LogP contribution in [-0.2, 0) is 10.0 Å². The van der Waals surface area contributed by atoms with Crippen LogP contribution in [0.5, 0.6) is 0 Å². The summed E-state index contributed by atoms with van der Waals surface area (Å²) in [5.74, 6) is 0.252. The fraction of sp³-hybridized carbons (Fsp3) is 0.333. The largest absolute Gasteiger partial charge is 0.215 e. The Labute approximate surface area is 158 Å². The summed E-state index contributed by atoms with van der Waals surface area (Å²) in [7, 11) is -4.66. The van der Waals surface area contributed by atoms with E-state index in [9.17, 15) is 8.42 Å². The van der Waals surface area contributed by atoms with E-state index in [2.05, 4.69) is 19.6 Å². The average Bonchev–Trinajstić information content (AvgIpc) is 3.35. The molecule has 26 heavy (non-hydrogen) atoms. The topological polar surface area (TPSA) is 37.1 Å². The van der Waals surface area contributed by atoms with Gasteiger partial charge in [0.15, 0.2) is 0 Å². The molecule has 1 heterocycles. The van der Waals surface area contributed by atoms with Crippen LogP contribution >= 0.6 is 0 Å². The lowest BCUT2D eigenvalue weighted by molar-refractivity contribution is 0.552. The van der Waals surface area contributed by atoms with Gasteiger partial charge in [0.05, 0.1) is 17.8 Å². The molecule has 0 spiro atoms. The summed E-state index contributed by atoms with van der Waals surface area (Å²) in [5, 5.41) is 0. The summed E-state index contributed by atoms with van der Waals surface area (Å²) in [5.41, 5.74) is 2.15. The molecule has 0 aromatic heterocycles. The van der Waals surface area contributed by atoms with Crippen LogP contribution in [0.1, 0.15) is 17.2 Å². The molecule has 3 nitrogen and oxygen atoms in total. The highest BCUT2D eigenvalue weighted by molar-refractivity contribution is 7.89. The van der Waals surface area contributed by atoms with Gasteiger partial charge in [-0.05, 0) is 17.2 Å². The van der Waals surface area contributed by atoms with Crippen molar-refractivity contribution in [2.45, 2.75) is 37.8 Å². The van der Waals surface area contributed by atoms with Gasteiger partial charge in [-0.15, -0.1) is 0 Å². The van der Waals surface area contributed by atoms with Gasteiger partial charge in [0, 0.05) is 8.07 Å². The number of hydrogen-bond acceptors (Lipinski definition) is 2. The molecule has 0 bridgehead atoms. The lowest BCUT2D eigenvalue weighted by atomic mass is 10.1. The zero-order valence-electron chi connectivity index (χ0n) is 15.7. The van der Waals surface area contributed by atoms with Crippen LogP contribution in [0.3, 0.4) is 0 Å². The van der Waals surface area contributed by atoms with Crippen molar-refractivity contribution in [3.05, 3.63) is 77.9 Å². The van der Waals surface area contributed by atoms with E-state index >= 15 is 0 Å². The minimum Gasteiger partial charge on any atom is -0.212 e. The molecule has 0 amide bonds. The normalized spacial score (nSPS) is 23.3. The Morgan fingerprint density at radius 3 is 2.12 bits per heavy atom. The second-order valence-electron chi connectivity index (χ2n) is 8.07. The summed E-state index contributed by atoms with van der Waals surface area (Å²) in [6, 6.07) is 20.6. The molecule has 0 radical (unpaired) electrons. The van der Waals surface area contributed by atoms with Crippen LogP contribution in [0.25, 0.3) is 6.08 Å². The Balaban J connectivity index is 1.82. The maximum Gasteiger partial charge on any atom is 0.215 e. The number of nitrogens with zero attached hydrogens (tertiary/aromatic N) is 1. The van der Waals surface area contributed by atoms with E-state index in [0.29, 0.717) is 0 Å². The molecule has 3 rings (SSSR count). The van der Waals surface area contributed by atoms with E-state index in [-0.39, 0.29) is 17.8 Å². The fourth-order valence-electron chi connectivity index (χ4n) is 3.09. The van der Waals surface area contributed by atoms with Crippen LogP contribution in [0.4, 0.5) is 0 Å². The molecule has 2 aromatic rings. The van der Waals surface area contributed by atoms with Gasteiger partial charge in [-0.1, -0.05) is 92.5 Å². The number of sulfonamides is 1. The monoisotopic (exact) mass is 385 g/mol. The Hall–Kier alpha value is -1.69. The second-order valence-corrected chi connectivity index (χ2v) is 15.7. The Bertz CT molecular complexity index is 858. The first-order chi connectivity index (χ1) is 12.3. The van der Waals surface area contributed by atoms with Crippen molar-refractivity contribution in [3.63, 3.8) is 0 Å². The minimum absolute atomic E-state index is 0.0807. The van der Waals surface area contributed by atoms with Gasteiger partial charge < -0.3 is 0 Å². The van der Waals surface area contributed by atoms with Crippen molar-refractivity contribution in [2.24, 2.45) is 0 Å². The van der Waals surface area contributed by atoms with E-state index in [1.807, 2.05) is 72.8 Å². The van der Waals surface area contributed by atoms with Gasteiger partial charge in [0.1, 0.15) is 0 Å². The first-order valence-corrected chi connectivity index (χ1v) is 14.4. The smallest absolute Gasteiger partial charge is 0.212 e. The number of hydrogen-bond donors (Lipinski definition) is 0. The van der Waals surface area contributed by atoms with Crippen molar-refractivity contribution >= 4 is 24.2 Å². The van der Waals surface area contributed by atoms with E-state index in [1.165, 1.54) is 0 Å². The van der Waals surface area contributed by atoms with Gasteiger partial charge in [0.2, 0.25) is 10.0 Å². The van der Waals surface area contributed by atoms with E-state index in [0.717, 1.165) is 17.2 Å². The summed E-state index contributed by atoms with van der Waals surface area (Å²) in [4.78, 5) is 0. The van der Waals surface area contributed by atoms with Gasteiger partial charge in [-0.2, -0.15) is 4.31 Å². The number of benzene rings is 2. The molecule has 2 aromatic carbocycles. The summed E-state index contributed by atoms with van der Waals surface area (Å²) in [6.07, 6.45) is 4.05. The van der Waals surface area contributed by atoms with Gasteiger partial charge in [0.25, 0.3) is 0 Å². The first-order valence-electron chi connectivity index (χ1n) is 9.07. The van der Waals surface area contributed by atoms with Crippen molar-refractivity contribution < 1.29 is 8.42 Å². The van der Waals surface area contributed by atoms with Crippen LogP contribution in [0, 0.1) is 0 Å². The molecular formula is C21H27NO2SSi. The minimum atomic E-state index is -3.25. The van der Waals surface area contributed by atoms with Gasteiger partial charge >= 0.3 is 0 Å². The molecule has 1 fully saturated rings. The number of rotatable bonds is 7. The van der Waals surface area contributed by atoms with Crippen LogP contribution in [0.15, 0.2) is 66.7 Å². The predicted molar refractivity (Wildman–Crippen MR) is 112 cm³/mol. The second kappa shape index (κ2) is 7.51. The van der Waals surface area contributed by atoms with Crippen molar-refractivity contribution in [1.29, 1.82) is 0 Å². The van der Waals surface area contributed by atoms with Crippen molar-refractivity contribution in [3.8, 4) is 0 Å². The first kappa shape index (κ1) is 19.1. The SMILES string of the molecule is C[Si](C)(C)CCS(=O)(=O)N1[C@H](c2ccccc2)[C@@H]1/C=C/c1ccccc1. The molecule has 1 unspecified atom stereocenters. The highest BCUT2D eigenvalue weighted by Crippen LogP contribution is 2.47. The quantitative estimate of drug-likeness (QED) is 0.507. The molecule has 0 saturated carbocycles. The van der Waals surface area contributed by atoms with E-state index in [4.69, 9.17) is 0 Å². The Kier molecular flexibility index (Phi) is 5.51. The molecule has 0 N–H and O–H groups in total. The summed E-state index contributed by atoms with van der Waals surface area (Å²) in [6.45, 7) is 6.64. The van der Waals surface area contributed by atoms with Gasteiger partial charge in [-0.25, -0.2) is 8.42 Å². The molecule has 138 valence electrons. The highest BCUT2D eigenvalue weighted by Gasteiger charge is 2.54. The standard InChI is InChI=1S/C21H27NO2SSi/c1-26(2,3)17-16-25(23,24)22-20(15-14-18-10-6-4-7-11-18)21(22)19-12-8-5-9-13-19/h4-15,20-21H,16-17H2,1-3H3/b15-14+/t20-,21+,22?/m0/s1. The molecular weight excluding hydrogens is 358 g/mol. The molecule has 0 aliphatic carbocycles. The van der Waals surface area contributed by atoms with Crippen LogP contribution < -0.4 is 0 Å². The van der Waals surface area contributed by atoms with E-state index < -0.39 is 18.1 Å². The van der Waals surface area contributed by atoms with Gasteiger partial charge in [-0.3, -0.25) is 0 Å². The van der Waals surface area contributed by atoms with Crippen LogP contribution in [-0.4, -0.2) is 32.6 Å². The maximum absolute atomic E-state index is 13.0. The molecule has 3 atom stereocenters. The third kappa shape index (κ3) is 4.72. The summed E-state index contributed by atoms with van der Waals surface area (Å²) < 4.78 is 27.6. The molecule has 1 saturated heterocycles. The Morgan fingerprint density at radius 2 is 1.54 bits per heavy atom. The molecule has 5 heteroatoms. The predicted octanol–water partition coefficient (Wildman–Crippen LogP) is 4.79. The maximum atomic E-state index is 13.0. The molecule has 1 aliphatic heterocycles. The van der Waals surface area contributed by atoms with Crippen molar-refractivity contribution in [2.75, 3.05) is 5.75 Å². The van der Waals surface area contributed by atoms with E-state index in [1.54, 1.807) is 4.31 Å². The summed E-state index contributed by atoms with van der Waals surface area (Å²) >= 11 is 0. The zero-order valence-corrected chi connectivity index (χ0v) is 17.5. The highest BCUT2D eigenvalue weighted by atomic mass is 32.2. The lowest BCUT2D eigenvalue weighted by Crippen LogP contribution is -2.27.